The SMILES string of the molecule is Cc1cc2c3c(c1)N(c1cccc4c1oc1ccccc14)c1c(sc4c1CCCC4)B3c1sc3c(c1N2c1ccccc1)CCCC3. The third-order valence-corrected chi connectivity index (χ3v) is 13.7. The third-order valence-electron chi connectivity index (χ3n) is 11.0. The molecule has 0 radical (unpaired) electrons. The number of hydrogen-bond donors (Lipinski definition) is 0. The van der Waals surface area contributed by atoms with Crippen molar-refractivity contribution in [3.63, 3.8) is 0 Å². The van der Waals surface area contributed by atoms with Crippen LogP contribution in [0.15, 0.2) is 89.3 Å². The molecule has 0 saturated heterocycles. The van der Waals surface area contributed by atoms with E-state index in [1.54, 1.807) is 25.7 Å². The fourth-order valence-electron chi connectivity index (χ4n) is 9.07. The Labute approximate surface area is 283 Å². The Hall–Kier alpha value is -4.26. The zero-order chi connectivity index (χ0) is 30.8. The Kier molecular flexibility index (Phi) is 5.63. The highest BCUT2D eigenvalue weighted by molar-refractivity contribution is 7.36. The van der Waals surface area contributed by atoms with Crippen LogP contribution in [0.4, 0.5) is 34.1 Å². The number of para-hydroxylation sites is 3. The van der Waals surface area contributed by atoms with Gasteiger partial charge in [0.2, 0.25) is 0 Å². The molecule has 5 heterocycles. The van der Waals surface area contributed by atoms with Crippen molar-refractivity contribution in [1.29, 1.82) is 0 Å². The van der Waals surface area contributed by atoms with Gasteiger partial charge in [0, 0.05) is 47.1 Å². The van der Waals surface area contributed by atoms with E-state index in [1.807, 2.05) is 0 Å². The number of benzene rings is 4. The summed E-state index contributed by atoms with van der Waals surface area (Å²) in [4.78, 5) is 8.48. The molecule has 11 rings (SSSR count). The predicted octanol–water partition coefficient (Wildman–Crippen LogP) is 9.86. The van der Waals surface area contributed by atoms with E-state index in [0.717, 1.165) is 23.3 Å². The van der Waals surface area contributed by atoms with Crippen molar-refractivity contribution in [2.45, 2.75) is 58.3 Å². The maximum absolute atomic E-state index is 6.77. The first-order valence-corrected chi connectivity index (χ1v) is 18.9. The summed E-state index contributed by atoms with van der Waals surface area (Å²) < 4.78 is 9.86. The fourth-order valence-corrected chi connectivity index (χ4v) is 12.1. The zero-order valence-electron chi connectivity index (χ0n) is 26.4. The fraction of sp³-hybridized carbons (Fsp3) is 0.220. The average Bonchev–Trinajstić information content (AvgIpc) is 3.80. The number of hydrogen-bond acceptors (Lipinski definition) is 5. The van der Waals surface area contributed by atoms with Crippen LogP contribution < -0.4 is 24.8 Å². The number of nitrogens with zero attached hydrogens (tertiary/aromatic N) is 2. The lowest BCUT2D eigenvalue weighted by atomic mass is 9.39. The Morgan fingerprint density at radius 1 is 0.617 bits per heavy atom. The van der Waals surface area contributed by atoms with Crippen LogP contribution in [-0.2, 0) is 25.7 Å². The topological polar surface area (TPSA) is 19.6 Å². The molecule has 7 aromatic rings. The van der Waals surface area contributed by atoms with Gasteiger partial charge < -0.3 is 14.2 Å². The minimum Gasteiger partial charge on any atom is -0.454 e. The third kappa shape index (κ3) is 3.63. The molecule has 3 nitrogen and oxygen atoms in total. The Morgan fingerprint density at radius 2 is 1.23 bits per heavy atom. The molecule has 6 heteroatoms. The van der Waals surface area contributed by atoms with Crippen LogP contribution in [0.5, 0.6) is 0 Å². The molecule has 47 heavy (non-hydrogen) atoms. The lowest BCUT2D eigenvalue weighted by Gasteiger charge is -2.43. The summed E-state index contributed by atoms with van der Waals surface area (Å²) in [5.74, 6) is 0. The summed E-state index contributed by atoms with van der Waals surface area (Å²) in [7, 11) is 0. The lowest BCUT2D eigenvalue weighted by molar-refractivity contribution is 0.669. The van der Waals surface area contributed by atoms with Gasteiger partial charge >= 0.3 is 0 Å². The molecule has 0 saturated carbocycles. The van der Waals surface area contributed by atoms with Crippen molar-refractivity contribution in [3.05, 3.63) is 111 Å². The second-order valence-corrected chi connectivity index (χ2v) is 16.0. The van der Waals surface area contributed by atoms with Crippen molar-refractivity contribution in [2.75, 3.05) is 9.80 Å². The number of rotatable bonds is 2. The van der Waals surface area contributed by atoms with Gasteiger partial charge in [-0.2, -0.15) is 22.7 Å². The molecule has 2 aliphatic heterocycles. The quantitative estimate of drug-likeness (QED) is 0.175. The Balaban J connectivity index is 1.27. The summed E-state index contributed by atoms with van der Waals surface area (Å²) in [5.41, 5.74) is 15.8. The van der Waals surface area contributed by atoms with E-state index in [1.165, 1.54) is 100.0 Å². The first kappa shape index (κ1) is 26.8. The monoisotopic (exact) mass is 644 g/mol. The van der Waals surface area contributed by atoms with Gasteiger partial charge in [0.25, 0.3) is 6.71 Å². The Bertz CT molecular complexity index is 2420. The molecule has 0 amide bonds. The number of fused-ring (bicyclic) bond motifs is 11. The molecule has 2 aliphatic carbocycles. The first-order chi connectivity index (χ1) is 23.2. The molecular formula is C41H33BN2OS2. The molecule has 0 bridgehead atoms. The average molecular weight is 645 g/mol. The summed E-state index contributed by atoms with van der Waals surface area (Å²) in [6, 6.07) is 31.3. The largest absolute Gasteiger partial charge is 0.454 e. The van der Waals surface area contributed by atoms with Crippen LogP contribution in [0.1, 0.15) is 52.1 Å². The predicted molar refractivity (Wildman–Crippen MR) is 202 cm³/mol. The van der Waals surface area contributed by atoms with Gasteiger partial charge in [0.1, 0.15) is 5.58 Å². The normalized spacial score (nSPS) is 16.2. The molecule has 0 atom stereocenters. The zero-order valence-corrected chi connectivity index (χ0v) is 28.1. The van der Waals surface area contributed by atoms with E-state index in [2.05, 4.69) is 124 Å². The second kappa shape index (κ2) is 9.88. The van der Waals surface area contributed by atoms with Crippen molar-refractivity contribution < 1.29 is 4.42 Å². The van der Waals surface area contributed by atoms with Gasteiger partial charge in [0.15, 0.2) is 5.58 Å². The van der Waals surface area contributed by atoms with Crippen LogP contribution in [0.3, 0.4) is 0 Å². The van der Waals surface area contributed by atoms with E-state index < -0.39 is 0 Å². The number of thiophene rings is 2. The van der Waals surface area contributed by atoms with Crippen LogP contribution in [-0.4, -0.2) is 6.71 Å². The van der Waals surface area contributed by atoms with Gasteiger partial charge in [-0.15, -0.1) is 0 Å². The van der Waals surface area contributed by atoms with E-state index in [0.29, 0.717) is 0 Å². The molecule has 0 N–H and O–H groups in total. The molecule has 0 spiro atoms. The minimum absolute atomic E-state index is 0.253. The highest BCUT2D eigenvalue weighted by atomic mass is 32.1. The van der Waals surface area contributed by atoms with Crippen LogP contribution >= 0.6 is 22.7 Å². The summed E-state index contributed by atoms with van der Waals surface area (Å²) >= 11 is 4.23. The number of furan rings is 1. The standard InChI is InChI=1S/C41H33BN2OS2/c1-24-22-31-36-32(23-24)44(30-18-11-17-27-26-14-5-8-19-33(26)45-39(27)30)38-29-16-7-10-21-35(29)47-41(38)42(36)40-37(28-15-6-9-20-34(28)46-40)43(31)25-12-3-2-4-13-25/h2-5,8,11-14,17-19,22-23H,6-7,9-10,15-16,20-21H2,1H3. The van der Waals surface area contributed by atoms with Gasteiger partial charge in [-0.05, 0) is 117 Å². The lowest BCUT2D eigenvalue weighted by Crippen LogP contribution is -2.59. The summed E-state index contributed by atoms with van der Waals surface area (Å²) in [5, 5.41) is 2.37. The molecule has 0 unspecified atom stereocenters. The molecule has 4 aliphatic rings. The maximum atomic E-state index is 6.77. The Morgan fingerprint density at radius 3 is 1.98 bits per heavy atom. The molecule has 3 aromatic heterocycles. The molecule has 0 fully saturated rings. The van der Waals surface area contributed by atoms with E-state index in [9.17, 15) is 0 Å². The van der Waals surface area contributed by atoms with Crippen molar-refractivity contribution in [3.8, 4) is 0 Å². The van der Waals surface area contributed by atoms with E-state index >= 15 is 0 Å². The van der Waals surface area contributed by atoms with Crippen LogP contribution in [0.25, 0.3) is 21.9 Å². The van der Waals surface area contributed by atoms with Crippen molar-refractivity contribution in [1.82, 2.24) is 0 Å². The van der Waals surface area contributed by atoms with Gasteiger partial charge in [-0.1, -0.05) is 48.5 Å². The maximum Gasteiger partial charge on any atom is 0.277 e. The van der Waals surface area contributed by atoms with Crippen molar-refractivity contribution >= 4 is 100 Å². The van der Waals surface area contributed by atoms with Gasteiger partial charge in [-0.25, -0.2) is 0 Å². The summed E-state index contributed by atoms with van der Waals surface area (Å²) in [6.07, 6.45) is 9.85. The highest BCUT2D eigenvalue weighted by Crippen LogP contribution is 2.52. The minimum atomic E-state index is 0.253. The summed E-state index contributed by atoms with van der Waals surface area (Å²) in [6.45, 7) is 2.54. The highest BCUT2D eigenvalue weighted by Gasteiger charge is 2.48. The first-order valence-electron chi connectivity index (χ1n) is 17.2. The molecule has 4 aromatic carbocycles. The van der Waals surface area contributed by atoms with E-state index in [4.69, 9.17) is 4.42 Å². The van der Waals surface area contributed by atoms with Crippen LogP contribution in [0.2, 0.25) is 0 Å². The number of anilines is 6. The van der Waals surface area contributed by atoms with Crippen molar-refractivity contribution in [2.24, 2.45) is 0 Å². The smallest absolute Gasteiger partial charge is 0.277 e. The van der Waals surface area contributed by atoms with E-state index in [-0.39, 0.29) is 6.71 Å². The molecule has 228 valence electrons. The number of aryl methyl sites for hydroxylation is 3. The van der Waals surface area contributed by atoms with Crippen LogP contribution in [0, 0.1) is 6.92 Å². The van der Waals surface area contributed by atoms with Gasteiger partial charge in [-0.3, -0.25) is 0 Å². The second-order valence-electron chi connectivity index (χ2n) is 13.8. The molecular weight excluding hydrogens is 611 g/mol. The van der Waals surface area contributed by atoms with Gasteiger partial charge in [0.05, 0.1) is 17.1 Å².